The van der Waals surface area contributed by atoms with Crippen molar-refractivity contribution in [1.82, 2.24) is 0 Å². The summed E-state index contributed by atoms with van der Waals surface area (Å²) in [4.78, 5) is 0. The molecule has 0 aromatic heterocycles. The van der Waals surface area contributed by atoms with Crippen molar-refractivity contribution in [3.63, 3.8) is 0 Å². The molecule has 2 aromatic carbocycles. The smallest absolute Gasteiger partial charge is 0.204 e. The van der Waals surface area contributed by atoms with E-state index in [0.717, 1.165) is 0 Å². The molecular formula is C22H21BF10Si2. The van der Waals surface area contributed by atoms with E-state index in [1.165, 1.54) is 0 Å². The van der Waals surface area contributed by atoms with E-state index >= 15 is 0 Å². The Morgan fingerprint density at radius 3 is 1.11 bits per heavy atom. The number of hydrogen-bond donors (Lipinski definition) is 0. The van der Waals surface area contributed by atoms with Crippen molar-refractivity contribution < 1.29 is 43.9 Å². The largest absolute Gasteiger partial charge is 0.229 e. The van der Waals surface area contributed by atoms with Gasteiger partial charge in [0, 0.05) is 10.9 Å². The molecule has 13 heteroatoms. The molecule has 0 aliphatic heterocycles. The number of rotatable bonds is 6. The number of halogens is 10. The van der Waals surface area contributed by atoms with Gasteiger partial charge < -0.3 is 0 Å². The molecule has 0 bridgehead atoms. The Labute approximate surface area is 198 Å². The molecule has 2 rings (SSSR count). The van der Waals surface area contributed by atoms with Gasteiger partial charge in [0.25, 0.3) is 0 Å². The van der Waals surface area contributed by atoms with Crippen molar-refractivity contribution in [3.8, 4) is 0 Å². The average molecular weight is 542 g/mol. The molecule has 0 fully saturated rings. The zero-order valence-electron chi connectivity index (χ0n) is 19.6. The molecule has 0 atom stereocenters. The number of hydrogen-bond acceptors (Lipinski definition) is 0. The van der Waals surface area contributed by atoms with Crippen molar-refractivity contribution in [2.45, 2.75) is 45.6 Å². The average Bonchev–Trinajstić information content (AvgIpc) is 2.74. The lowest BCUT2D eigenvalue weighted by Gasteiger charge is -2.25. The van der Waals surface area contributed by atoms with Gasteiger partial charge in [-0.25, -0.2) is 43.9 Å². The van der Waals surface area contributed by atoms with Gasteiger partial charge in [-0.15, -0.1) is 5.73 Å². The minimum absolute atomic E-state index is 0.234. The molecule has 190 valence electrons. The van der Waals surface area contributed by atoms with Gasteiger partial charge in [-0.05, 0) is 11.5 Å². The zero-order valence-corrected chi connectivity index (χ0v) is 21.6. The van der Waals surface area contributed by atoms with Crippen molar-refractivity contribution in [3.05, 3.63) is 74.8 Å². The van der Waals surface area contributed by atoms with Crippen LogP contribution in [0.3, 0.4) is 0 Å². The summed E-state index contributed by atoms with van der Waals surface area (Å²) in [6, 6.07) is 0. The molecule has 0 aliphatic carbocycles. The molecule has 0 saturated carbocycles. The van der Waals surface area contributed by atoms with Crippen molar-refractivity contribution in [2.24, 2.45) is 0 Å². The summed E-state index contributed by atoms with van der Waals surface area (Å²) >= 11 is 0. The predicted octanol–water partition coefficient (Wildman–Crippen LogP) is 6.52. The van der Waals surface area contributed by atoms with Crippen LogP contribution in [0.15, 0.2) is 16.6 Å². The maximum Gasteiger partial charge on any atom is 0.229 e. The summed E-state index contributed by atoms with van der Waals surface area (Å²) in [6.07, 6.45) is -0.798. The Hall–Kier alpha value is -2.24. The molecule has 2 aromatic rings. The van der Waals surface area contributed by atoms with Crippen molar-refractivity contribution in [1.29, 1.82) is 0 Å². The lowest BCUT2D eigenvalue weighted by atomic mass is 9.38. The molecular weight excluding hydrogens is 521 g/mol. The highest BCUT2D eigenvalue weighted by Crippen LogP contribution is 2.26. The topological polar surface area (TPSA) is 0 Å². The minimum atomic E-state index is -2.58. The van der Waals surface area contributed by atoms with Gasteiger partial charge in [0.2, 0.25) is 6.71 Å². The van der Waals surface area contributed by atoms with E-state index in [1.54, 1.807) is 25.3 Å². The van der Waals surface area contributed by atoms with Crippen LogP contribution in [-0.2, 0) is 0 Å². The molecule has 0 N–H and O–H groups in total. The second-order valence-electron chi connectivity index (χ2n) is 10.1. The summed E-state index contributed by atoms with van der Waals surface area (Å²) in [5.41, 5.74) is 1.19. The maximum atomic E-state index is 14.8. The molecule has 0 unspecified atom stereocenters. The normalized spacial score (nSPS) is 12.0. The summed E-state index contributed by atoms with van der Waals surface area (Å²) < 4.78 is 142. The third-order valence-electron chi connectivity index (χ3n) is 5.18. The van der Waals surface area contributed by atoms with E-state index in [2.05, 4.69) is 5.73 Å². The van der Waals surface area contributed by atoms with E-state index in [-0.39, 0.29) is 5.20 Å². The third kappa shape index (κ3) is 5.78. The Bertz CT molecular complexity index is 1110. The van der Waals surface area contributed by atoms with Crippen molar-refractivity contribution in [2.75, 3.05) is 0 Å². The van der Waals surface area contributed by atoms with Crippen LogP contribution in [0.5, 0.6) is 0 Å². The van der Waals surface area contributed by atoms with E-state index in [1.807, 2.05) is 19.6 Å². The van der Waals surface area contributed by atoms with Gasteiger partial charge in [0.1, 0.15) is 0 Å². The Morgan fingerprint density at radius 1 is 0.571 bits per heavy atom. The molecule has 0 saturated heterocycles. The SMILES string of the molecule is C[Si](C)(C)C=C=C(CB(c1c(F)c(F)c(F)c(F)c1F)c1c(F)c(F)c(F)c(F)c1F)[Si](C)(C)C. The van der Waals surface area contributed by atoms with Crippen LogP contribution >= 0.6 is 0 Å². The number of allylic oxidation sites excluding steroid dienone is 1. The highest BCUT2D eigenvalue weighted by atomic mass is 28.3. The molecule has 0 nitrogen and oxygen atoms in total. The first-order valence-corrected chi connectivity index (χ1v) is 17.4. The van der Waals surface area contributed by atoms with Crippen LogP contribution in [0.25, 0.3) is 0 Å². The summed E-state index contributed by atoms with van der Waals surface area (Å²) in [6.45, 7) is 8.38. The van der Waals surface area contributed by atoms with E-state index < -0.39 is 98.3 Å². The molecule has 0 heterocycles. The fourth-order valence-corrected chi connectivity index (χ4v) is 5.37. The Balaban J connectivity index is 3.06. The first kappa shape index (κ1) is 29.0. The second-order valence-corrected chi connectivity index (χ2v) is 20.2. The third-order valence-corrected chi connectivity index (χ3v) is 8.35. The maximum absolute atomic E-state index is 14.8. The lowest BCUT2D eigenvalue weighted by molar-refractivity contribution is 0.382. The van der Waals surface area contributed by atoms with E-state index in [0.29, 0.717) is 0 Å². The minimum Gasteiger partial charge on any atom is -0.204 e. The monoisotopic (exact) mass is 542 g/mol. The van der Waals surface area contributed by atoms with Crippen molar-refractivity contribution >= 4 is 33.8 Å². The number of benzene rings is 2. The second kappa shape index (κ2) is 10.0. The fourth-order valence-electron chi connectivity index (χ4n) is 3.29. The zero-order chi connectivity index (χ0) is 27.2. The van der Waals surface area contributed by atoms with E-state index in [4.69, 9.17) is 0 Å². The predicted molar refractivity (Wildman–Crippen MR) is 121 cm³/mol. The van der Waals surface area contributed by atoms with Crippen LogP contribution in [-0.4, -0.2) is 22.9 Å². The lowest BCUT2D eigenvalue weighted by Crippen LogP contribution is -2.52. The Kier molecular flexibility index (Phi) is 8.30. The van der Waals surface area contributed by atoms with Crippen LogP contribution in [0.1, 0.15) is 0 Å². The van der Waals surface area contributed by atoms with Crippen LogP contribution in [0.4, 0.5) is 43.9 Å². The van der Waals surface area contributed by atoms with Gasteiger partial charge in [0.15, 0.2) is 58.2 Å². The first-order chi connectivity index (χ1) is 15.8. The van der Waals surface area contributed by atoms with Gasteiger partial charge >= 0.3 is 0 Å². The van der Waals surface area contributed by atoms with E-state index in [9.17, 15) is 43.9 Å². The first-order valence-electron chi connectivity index (χ1n) is 10.3. The van der Waals surface area contributed by atoms with Gasteiger partial charge in [-0.3, -0.25) is 0 Å². The van der Waals surface area contributed by atoms with Gasteiger partial charge in [-0.2, -0.15) is 0 Å². The van der Waals surface area contributed by atoms with Crippen LogP contribution in [0, 0.1) is 58.2 Å². The fraction of sp³-hybridized carbons (Fsp3) is 0.318. The molecule has 0 amide bonds. The summed E-state index contributed by atoms with van der Waals surface area (Å²) in [5.74, 6) is -24.4. The van der Waals surface area contributed by atoms with Crippen LogP contribution in [0.2, 0.25) is 45.6 Å². The summed E-state index contributed by atoms with van der Waals surface area (Å²) in [5, 5.41) is 0.234. The quantitative estimate of drug-likeness (QED) is 0.128. The molecule has 35 heavy (non-hydrogen) atoms. The summed E-state index contributed by atoms with van der Waals surface area (Å²) in [7, 11) is -4.55. The van der Waals surface area contributed by atoms with Gasteiger partial charge in [0.05, 0.1) is 16.1 Å². The van der Waals surface area contributed by atoms with Gasteiger partial charge in [-0.1, -0.05) is 45.0 Å². The Morgan fingerprint density at radius 2 is 0.857 bits per heavy atom. The van der Waals surface area contributed by atoms with Crippen LogP contribution < -0.4 is 10.9 Å². The highest BCUT2D eigenvalue weighted by molar-refractivity contribution is 6.90. The molecule has 0 aliphatic rings. The highest BCUT2D eigenvalue weighted by Gasteiger charge is 2.41. The molecule has 0 radical (unpaired) electrons. The molecule has 0 spiro atoms. The standard InChI is InChI=1S/C22H21BF10Si2/c1-34(2,3)8-7-10(35(4,5)6)9-23(11-13(24)17(28)21(32)18(29)14(11)25)12-15(26)19(30)22(33)20(31)16(12)27/h8H,9H2,1-6H3.